The van der Waals surface area contributed by atoms with Crippen LogP contribution in [0, 0.1) is 11.8 Å². The van der Waals surface area contributed by atoms with Gasteiger partial charge in [0.1, 0.15) is 5.60 Å². The Hall–Kier alpha value is -0.770. The number of nitrogens with zero attached hydrogens (tertiary/aromatic N) is 1. The lowest BCUT2D eigenvalue weighted by Crippen LogP contribution is -2.63. The molecule has 86 valence electrons. The number of carbonyl (C=O) groups is 1. The summed E-state index contributed by atoms with van der Waals surface area (Å²) in [6, 6.07) is 0.309. The maximum absolute atomic E-state index is 11.7. The first-order chi connectivity index (χ1) is 6.87. The summed E-state index contributed by atoms with van der Waals surface area (Å²) in [4.78, 5) is 13.5. The van der Waals surface area contributed by atoms with Gasteiger partial charge in [0.05, 0.1) is 0 Å². The molecule has 2 aliphatic heterocycles. The summed E-state index contributed by atoms with van der Waals surface area (Å²) in [7, 11) is 0. The van der Waals surface area contributed by atoms with Crippen LogP contribution in [-0.4, -0.2) is 35.7 Å². The fraction of sp³-hybridized carbons (Fsp3) is 0.909. The van der Waals surface area contributed by atoms with E-state index in [1.807, 2.05) is 20.8 Å². The lowest BCUT2D eigenvalue weighted by atomic mass is 9.67. The Bertz CT molecular complexity index is 260. The van der Waals surface area contributed by atoms with Crippen molar-refractivity contribution >= 4 is 6.09 Å². The third kappa shape index (κ3) is 2.09. The molecule has 3 atom stereocenters. The first kappa shape index (κ1) is 10.7. The fourth-order valence-electron chi connectivity index (χ4n) is 2.40. The number of nitrogens with two attached hydrogens (primary N) is 1. The van der Waals surface area contributed by atoms with Gasteiger partial charge in [-0.3, -0.25) is 0 Å². The zero-order valence-corrected chi connectivity index (χ0v) is 9.69. The molecule has 3 fully saturated rings. The second kappa shape index (κ2) is 3.37. The van der Waals surface area contributed by atoms with Crippen LogP contribution < -0.4 is 5.73 Å². The highest BCUT2D eigenvalue weighted by atomic mass is 16.6. The van der Waals surface area contributed by atoms with Crippen molar-refractivity contribution in [1.29, 1.82) is 0 Å². The Kier molecular flexibility index (Phi) is 2.41. The van der Waals surface area contributed by atoms with E-state index in [2.05, 4.69) is 0 Å². The van der Waals surface area contributed by atoms with Crippen LogP contribution in [0.1, 0.15) is 27.2 Å². The van der Waals surface area contributed by atoms with Crippen molar-refractivity contribution < 1.29 is 9.53 Å². The zero-order valence-electron chi connectivity index (χ0n) is 9.69. The van der Waals surface area contributed by atoms with Gasteiger partial charge in [0.2, 0.25) is 0 Å². The number of fused-ring (bicyclic) bond motifs is 2. The molecule has 0 spiro atoms. The summed E-state index contributed by atoms with van der Waals surface area (Å²) in [6.07, 6.45) is 0.990. The largest absolute Gasteiger partial charge is 0.444 e. The maximum atomic E-state index is 11.7. The van der Waals surface area contributed by atoms with E-state index in [-0.39, 0.29) is 6.09 Å². The fourth-order valence-corrected chi connectivity index (χ4v) is 2.40. The van der Waals surface area contributed by atoms with Gasteiger partial charge in [-0.1, -0.05) is 0 Å². The van der Waals surface area contributed by atoms with Crippen molar-refractivity contribution in [3.05, 3.63) is 0 Å². The Morgan fingerprint density at radius 2 is 1.87 bits per heavy atom. The van der Waals surface area contributed by atoms with Crippen LogP contribution in [-0.2, 0) is 4.74 Å². The lowest BCUT2D eigenvalue weighted by molar-refractivity contribution is -0.0265. The van der Waals surface area contributed by atoms with E-state index in [0.29, 0.717) is 17.9 Å². The summed E-state index contributed by atoms with van der Waals surface area (Å²) in [5, 5.41) is 0. The molecular weight excluding hydrogens is 192 g/mol. The van der Waals surface area contributed by atoms with Crippen molar-refractivity contribution in [3.8, 4) is 0 Å². The van der Waals surface area contributed by atoms with Gasteiger partial charge in [0, 0.05) is 19.1 Å². The summed E-state index contributed by atoms with van der Waals surface area (Å²) >= 11 is 0. The third-order valence-electron chi connectivity index (χ3n) is 3.26. The summed E-state index contributed by atoms with van der Waals surface area (Å²) in [5.74, 6) is 0.993. The molecule has 0 aromatic carbocycles. The van der Waals surface area contributed by atoms with Crippen LogP contribution >= 0.6 is 0 Å². The number of hydrogen-bond donors (Lipinski definition) is 1. The molecule has 4 nitrogen and oxygen atoms in total. The van der Waals surface area contributed by atoms with Crippen molar-refractivity contribution in [2.45, 2.75) is 38.8 Å². The predicted molar refractivity (Wildman–Crippen MR) is 57.4 cm³/mol. The van der Waals surface area contributed by atoms with E-state index in [1.54, 1.807) is 4.90 Å². The second-order valence-electron chi connectivity index (χ2n) is 5.72. The molecule has 3 rings (SSSR count). The average molecular weight is 212 g/mol. The van der Waals surface area contributed by atoms with Crippen LogP contribution in [0.2, 0.25) is 0 Å². The van der Waals surface area contributed by atoms with E-state index in [4.69, 9.17) is 10.5 Å². The first-order valence-corrected chi connectivity index (χ1v) is 5.60. The molecule has 15 heavy (non-hydrogen) atoms. The molecule has 2 N–H and O–H groups in total. The molecular formula is C11H20N2O2. The van der Waals surface area contributed by atoms with Gasteiger partial charge in [-0.05, 0) is 39.0 Å². The maximum Gasteiger partial charge on any atom is 0.410 e. The number of rotatable bonds is 0. The van der Waals surface area contributed by atoms with Gasteiger partial charge in [0.25, 0.3) is 0 Å². The number of ether oxygens (including phenoxy) is 1. The molecule has 0 aromatic rings. The van der Waals surface area contributed by atoms with Crippen LogP contribution in [0.4, 0.5) is 4.79 Å². The molecule has 4 heteroatoms. The Balaban J connectivity index is 1.88. The normalized spacial score (nSPS) is 34.7. The Morgan fingerprint density at radius 1 is 1.33 bits per heavy atom. The Labute approximate surface area is 90.8 Å². The number of hydrogen-bond acceptors (Lipinski definition) is 3. The first-order valence-electron chi connectivity index (χ1n) is 5.60. The predicted octanol–water partition coefficient (Wildman–Crippen LogP) is 1.20. The van der Waals surface area contributed by atoms with E-state index in [9.17, 15) is 4.79 Å². The Morgan fingerprint density at radius 3 is 2.27 bits per heavy atom. The summed E-state index contributed by atoms with van der Waals surface area (Å²) in [6.45, 7) is 7.21. The highest BCUT2D eigenvalue weighted by Gasteiger charge is 2.46. The van der Waals surface area contributed by atoms with Gasteiger partial charge >= 0.3 is 6.09 Å². The minimum Gasteiger partial charge on any atom is -0.444 e. The van der Waals surface area contributed by atoms with Crippen molar-refractivity contribution in [3.63, 3.8) is 0 Å². The molecule has 3 aliphatic rings. The minimum absolute atomic E-state index is 0.191. The second-order valence-corrected chi connectivity index (χ2v) is 5.72. The van der Waals surface area contributed by atoms with Crippen LogP contribution in [0.25, 0.3) is 0 Å². The SMILES string of the molecule is CC(C)(C)OC(=O)N1C[C@H]2C[C@@H](C1)C2N. The average Bonchev–Trinajstić information content (AvgIpc) is 2.14. The molecule has 2 saturated heterocycles. The highest BCUT2D eigenvalue weighted by Crippen LogP contribution is 2.38. The molecule has 1 aliphatic carbocycles. The van der Waals surface area contributed by atoms with Crippen LogP contribution in [0.15, 0.2) is 0 Å². The van der Waals surface area contributed by atoms with Gasteiger partial charge in [-0.2, -0.15) is 0 Å². The molecule has 2 bridgehead atoms. The third-order valence-corrected chi connectivity index (χ3v) is 3.26. The topological polar surface area (TPSA) is 55.6 Å². The van der Waals surface area contributed by atoms with Crippen molar-refractivity contribution in [2.24, 2.45) is 17.6 Å². The van der Waals surface area contributed by atoms with E-state index in [1.165, 1.54) is 6.42 Å². The zero-order chi connectivity index (χ0) is 11.2. The monoisotopic (exact) mass is 212 g/mol. The molecule has 1 saturated carbocycles. The highest BCUT2D eigenvalue weighted by molar-refractivity contribution is 5.68. The number of piperidine rings is 2. The number of carbonyl (C=O) groups excluding carboxylic acids is 1. The van der Waals surface area contributed by atoms with Gasteiger partial charge in [-0.25, -0.2) is 4.79 Å². The number of amides is 1. The van der Waals surface area contributed by atoms with Crippen LogP contribution in [0.5, 0.6) is 0 Å². The van der Waals surface area contributed by atoms with E-state index in [0.717, 1.165) is 13.1 Å². The summed E-state index contributed by atoms with van der Waals surface area (Å²) in [5.41, 5.74) is 5.54. The molecule has 1 amide bonds. The quantitative estimate of drug-likeness (QED) is 0.656. The lowest BCUT2D eigenvalue weighted by Gasteiger charge is -2.51. The van der Waals surface area contributed by atoms with Crippen LogP contribution in [0.3, 0.4) is 0 Å². The summed E-state index contributed by atoms with van der Waals surface area (Å²) < 4.78 is 5.33. The standard InChI is InChI=1S/C11H20N2O2/c1-11(2,3)15-10(14)13-5-7-4-8(6-13)9(7)12/h7-9H,4-6,12H2,1-3H3/t7-,8+,9?. The smallest absolute Gasteiger partial charge is 0.410 e. The van der Waals surface area contributed by atoms with E-state index >= 15 is 0 Å². The molecule has 1 unspecified atom stereocenters. The van der Waals surface area contributed by atoms with Gasteiger partial charge in [-0.15, -0.1) is 0 Å². The minimum atomic E-state index is -0.402. The molecule has 0 radical (unpaired) electrons. The van der Waals surface area contributed by atoms with Gasteiger partial charge in [0.15, 0.2) is 0 Å². The van der Waals surface area contributed by atoms with E-state index < -0.39 is 5.60 Å². The van der Waals surface area contributed by atoms with Crippen molar-refractivity contribution in [1.82, 2.24) is 4.90 Å². The molecule has 0 aromatic heterocycles. The molecule has 2 heterocycles. The van der Waals surface area contributed by atoms with Crippen molar-refractivity contribution in [2.75, 3.05) is 13.1 Å². The van der Waals surface area contributed by atoms with Gasteiger partial charge < -0.3 is 15.4 Å².